The van der Waals surface area contributed by atoms with E-state index in [9.17, 15) is 9.59 Å². The number of hydrogen-bond acceptors (Lipinski definition) is 7. The Morgan fingerprint density at radius 2 is 1.71 bits per heavy atom. The third kappa shape index (κ3) is 5.50. The lowest BCUT2D eigenvalue weighted by atomic mass is 9.96. The number of rotatable bonds is 5. The average molecular weight is 474 g/mol. The molecule has 5 rings (SSSR count). The first-order chi connectivity index (χ1) is 17.2. The summed E-state index contributed by atoms with van der Waals surface area (Å²) in [5.41, 5.74) is 1.70. The molecule has 1 atom stereocenters. The number of aromatic nitrogens is 4. The van der Waals surface area contributed by atoms with Gasteiger partial charge in [0.1, 0.15) is 0 Å². The average Bonchev–Trinajstić information content (AvgIpc) is 3.17. The molecule has 0 N–H and O–H groups in total. The highest BCUT2D eigenvalue weighted by molar-refractivity contribution is 5.80. The minimum atomic E-state index is -0.129. The molecular formula is C26H31N7O2. The standard InChI is InChI=1S/C26H31N7O2/c34-24-17-23(18-29-33(24)19-21-7-2-1-3-8-21)32-12-4-9-22(20-32)25(35)30-13-6-14-31(16-15-30)26-27-10-5-11-28-26/h1-3,5,7-8,10-11,17-18,22H,4,6,9,12-16,19-20H2/t22-/m1/s1. The maximum Gasteiger partial charge on any atom is 0.269 e. The fourth-order valence-corrected chi connectivity index (χ4v) is 4.94. The van der Waals surface area contributed by atoms with Crippen LogP contribution < -0.4 is 15.4 Å². The molecule has 9 heteroatoms. The summed E-state index contributed by atoms with van der Waals surface area (Å²) in [6.45, 7) is 4.88. The molecule has 1 amide bonds. The van der Waals surface area contributed by atoms with Gasteiger partial charge in [-0.05, 0) is 30.9 Å². The molecule has 182 valence electrons. The van der Waals surface area contributed by atoms with E-state index >= 15 is 0 Å². The zero-order valence-corrected chi connectivity index (χ0v) is 19.9. The lowest BCUT2D eigenvalue weighted by Crippen LogP contribution is -2.46. The van der Waals surface area contributed by atoms with E-state index in [1.165, 1.54) is 4.68 Å². The van der Waals surface area contributed by atoms with Crippen LogP contribution in [0.3, 0.4) is 0 Å². The number of carbonyl (C=O) groups is 1. The van der Waals surface area contributed by atoms with Crippen molar-refractivity contribution >= 4 is 17.5 Å². The molecule has 35 heavy (non-hydrogen) atoms. The van der Waals surface area contributed by atoms with E-state index in [-0.39, 0.29) is 17.4 Å². The number of nitrogens with zero attached hydrogens (tertiary/aromatic N) is 7. The fraction of sp³-hybridized carbons (Fsp3) is 0.423. The van der Waals surface area contributed by atoms with E-state index in [1.54, 1.807) is 24.7 Å². The number of anilines is 2. The molecule has 0 unspecified atom stereocenters. The third-order valence-corrected chi connectivity index (χ3v) is 6.81. The minimum Gasteiger partial charge on any atom is -0.369 e. The molecule has 9 nitrogen and oxygen atoms in total. The molecule has 2 aliphatic rings. The number of carbonyl (C=O) groups excluding carboxylic acids is 1. The van der Waals surface area contributed by atoms with Crippen molar-refractivity contribution in [2.45, 2.75) is 25.8 Å². The monoisotopic (exact) mass is 473 g/mol. The quantitative estimate of drug-likeness (QED) is 0.560. The van der Waals surface area contributed by atoms with Gasteiger partial charge in [0.2, 0.25) is 11.9 Å². The molecule has 0 radical (unpaired) electrons. The molecule has 0 bridgehead atoms. The van der Waals surface area contributed by atoms with Crippen molar-refractivity contribution in [3.05, 3.63) is 77.0 Å². The van der Waals surface area contributed by atoms with Crippen LogP contribution in [0.25, 0.3) is 0 Å². The Labute approximate surface area is 205 Å². The number of piperidine rings is 1. The summed E-state index contributed by atoms with van der Waals surface area (Å²) in [6.07, 6.45) is 7.94. The van der Waals surface area contributed by atoms with E-state index in [4.69, 9.17) is 0 Å². The second kappa shape index (κ2) is 10.7. The van der Waals surface area contributed by atoms with Crippen LogP contribution in [-0.4, -0.2) is 69.8 Å². The maximum absolute atomic E-state index is 13.4. The van der Waals surface area contributed by atoms with Crippen LogP contribution in [0, 0.1) is 5.92 Å². The van der Waals surface area contributed by atoms with Crippen LogP contribution in [0.15, 0.2) is 65.8 Å². The fourth-order valence-electron chi connectivity index (χ4n) is 4.94. The highest BCUT2D eigenvalue weighted by atomic mass is 16.2. The first-order valence-electron chi connectivity index (χ1n) is 12.3. The lowest BCUT2D eigenvalue weighted by Gasteiger charge is -2.35. The van der Waals surface area contributed by atoms with Gasteiger partial charge in [-0.15, -0.1) is 0 Å². The third-order valence-electron chi connectivity index (χ3n) is 6.81. The van der Waals surface area contributed by atoms with Crippen LogP contribution in [0.1, 0.15) is 24.8 Å². The minimum absolute atomic E-state index is 0.0741. The van der Waals surface area contributed by atoms with Gasteiger partial charge >= 0.3 is 0 Å². The van der Waals surface area contributed by atoms with E-state index in [0.717, 1.165) is 62.6 Å². The van der Waals surface area contributed by atoms with Gasteiger partial charge in [0.25, 0.3) is 5.56 Å². The number of benzene rings is 1. The predicted octanol–water partition coefficient (Wildman–Crippen LogP) is 2.04. The molecule has 2 saturated heterocycles. The van der Waals surface area contributed by atoms with Gasteiger partial charge in [-0.3, -0.25) is 9.59 Å². The molecule has 1 aromatic carbocycles. The van der Waals surface area contributed by atoms with Gasteiger partial charge in [0.05, 0.1) is 24.3 Å². The van der Waals surface area contributed by atoms with Gasteiger partial charge in [-0.2, -0.15) is 5.10 Å². The Morgan fingerprint density at radius 3 is 2.51 bits per heavy atom. The molecule has 0 spiro atoms. The van der Waals surface area contributed by atoms with Crippen LogP contribution in [0.5, 0.6) is 0 Å². The zero-order chi connectivity index (χ0) is 24.0. The highest BCUT2D eigenvalue weighted by Crippen LogP contribution is 2.24. The number of hydrogen-bond donors (Lipinski definition) is 0. The molecule has 0 aliphatic carbocycles. The topological polar surface area (TPSA) is 87.5 Å². The Kier molecular flexibility index (Phi) is 7.02. The molecule has 4 heterocycles. The van der Waals surface area contributed by atoms with Gasteiger partial charge in [0.15, 0.2) is 0 Å². The van der Waals surface area contributed by atoms with Gasteiger partial charge < -0.3 is 14.7 Å². The van der Waals surface area contributed by atoms with E-state index in [2.05, 4.69) is 24.9 Å². The molecule has 2 fully saturated rings. The van der Waals surface area contributed by atoms with Crippen molar-refractivity contribution in [3.8, 4) is 0 Å². The maximum atomic E-state index is 13.4. The zero-order valence-electron chi connectivity index (χ0n) is 19.9. The number of amides is 1. The van der Waals surface area contributed by atoms with Crippen molar-refractivity contribution in [2.75, 3.05) is 49.1 Å². The molecule has 2 aromatic heterocycles. The SMILES string of the molecule is O=C([C@@H]1CCCN(c2cnn(Cc3ccccc3)c(=O)c2)C1)N1CCCN(c2ncccn2)CC1. The second-order valence-corrected chi connectivity index (χ2v) is 9.20. The second-order valence-electron chi connectivity index (χ2n) is 9.20. The Bertz CT molecular complexity index is 1190. The summed E-state index contributed by atoms with van der Waals surface area (Å²) in [4.78, 5) is 41.1. The summed E-state index contributed by atoms with van der Waals surface area (Å²) in [5, 5.41) is 4.41. The van der Waals surface area contributed by atoms with E-state index in [0.29, 0.717) is 19.6 Å². The van der Waals surface area contributed by atoms with E-state index < -0.39 is 0 Å². The highest BCUT2D eigenvalue weighted by Gasteiger charge is 2.31. The molecule has 3 aromatic rings. The van der Waals surface area contributed by atoms with Crippen molar-refractivity contribution in [1.82, 2.24) is 24.6 Å². The van der Waals surface area contributed by atoms with Crippen LogP contribution in [0.2, 0.25) is 0 Å². The van der Waals surface area contributed by atoms with Gasteiger partial charge in [0, 0.05) is 57.7 Å². The Hall–Kier alpha value is -3.75. The smallest absolute Gasteiger partial charge is 0.269 e. The molecule has 2 aliphatic heterocycles. The largest absolute Gasteiger partial charge is 0.369 e. The normalized spacial score (nSPS) is 18.9. The first-order valence-corrected chi connectivity index (χ1v) is 12.3. The van der Waals surface area contributed by atoms with Crippen LogP contribution in [0.4, 0.5) is 11.6 Å². The first kappa shape index (κ1) is 23.0. The Balaban J connectivity index is 1.21. The molecule has 0 saturated carbocycles. The summed E-state index contributed by atoms with van der Waals surface area (Å²) < 4.78 is 1.48. The van der Waals surface area contributed by atoms with Gasteiger partial charge in [-0.1, -0.05) is 30.3 Å². The lowest BCUT2D eigenvalue weighted by molar-refractivity contribution is -0.135. The van der Waals surface area contributed by atoms with Crippen molar-refractivity contribution < 1.29 is 4.79 Å². The molecular weight excluding hydrogens is 442 g/mol. The van der Waals surface area contributed by atoms with Gasteiger partial charge in [-0.25, -0.2) is 14.6 Å². The van der Waals surface area contributed by atoms with Crippen LogP contribution >= 0.6 is 0 Å². The predicted molar refractivity (Wildman–Crippen MR) is 134 cm³/mol. The Morgan fingerprint density at radius 1 is 0.914 bits per heavy atom. The summed E-state index contributed by atoms with van der Waals surface area (Å²) >= 11 is 0. The summed E-state index contributed by atoms with van der Waals surface area (Å²) in [5.74, 6) is 0.853. The van der Waals surface area contributed by atoms with Crippen LogP contribution in [-0.2, 0) is 11.3 Å². The van der Waals surface area contributed by atoms with Crippen molar-refractivity contribution in [2.24, 2.45) is 5.92 Å². The van der Waals surface area contributed by atoms with Crippen molar-refractivity contribution in [1.29, 1.82) is 0 Å². The van der Waals surface area contributed by atoms with E-state index in [1.807, 2.05) is 41.3 Å². The summed E-state index contributed by atoms with van der Waals surface area (Å²) in [6, 6.07) is 13.3. The van der Waals surface area contributed by atoms with Crippen molar-refractivity contribution in [3.63, 3.8) is 0 Å². The summed E-state index contributed by atoms with van der Waals surface area (Å²) in [7, 11) is 0.